The van der Waals surface area contributed by atoms with Gasteiger partial charge in [0.15, 0.2) is 7.38 Å². The fourth-order valence-corrected chi connectivity index (χ4v) is 2.62. The molecule has 1 atom stereocenters. The molecule has 0 aliphatic carbocycles. The lowest BCUT2D eigenvalue weighted by atomic mass is 10.4. The molecular weight excluding hydrogens is 150 g/mol. The van der Waals surface area contributed by atoms with Crippen molar-refractivity contribution in [3.05, 3.63) is 0 Å². The van der Waals surface area contributed by atoms with Crippen molar-refractivity contribution >= 4 is 18.5 Å². The van der Waals surface area contributed by atoms with Gasteiger partial charge in [0.2, 0.25) is 0 Å². The summed E-state index contributed by atoms with van der Waals surface area (Å²) in [6.45, 7) is 6.02. The maximum absolute atomic E-state index is 8.56. The van der Waals surface area contributed by atoms with Crippen molar-refractivity contribution in [2.24, 2.45) is 0 Å². The summed E-state index contributed by atoms with van der Waals surface area (Å²) in [5.41, 5.74) is 0.110. The van der Waals surface area contributed by atoms with Crippen LogP contribution in [0.3, 0.4) is 0 Å². The minimum absolute atomic E-state index is 0.110. The van der Waals surface area contributed by atoms with Crippen LogP contribution in [0.4, 0.5) is 0 Å². The Balaban J connectivity index is 4.00. The molecule has 0 aromatic carbocycles. The number of halogens is 1. The lowest BCUT2D eigenvalue weighted by Crippen LogP contribution is -2.23. The Kier molecular flexibility index (Phi) is 3.24. The van der Waals surface area contributed by atoms with Gasteiger partial charge in [-0.3, -0.25) is 0 Å². The van der Waals surface area contributed by atoms with E-state index in [1.54, 1.807) is 0 Å². The standard InChI is InChI=1S/C6H12ClNSi/c1-4-6(5-8)9(2,3)7/h6H,4H2,1-3H3/t6-/m0/s1. The number of hydrogen-bond acceptors (Lipinski definition) is 1. The van der Waals surface area contributed by atoms with E-state index in [4.69, 9.17) is 16.3 Å². The Bertz CT molecular complexity index is 122. The second-order valence-electron chi connectivity index (χ2n) is 2.65. The first-order valence-corrected chi connectivity index (χ1v) is 7.19. The fourth-order valence-electron chi connectivity index (χ4n) is 0.730. The fraction of sp³-hybridized carbons (Fsp3) is 0.833. The molecule has 0 aliphatic rings. The van der Waals surface area contributed by atoms with E-state index < -0.39 is 7.38 Å². The summed E-state index contributed by atoms with van der Waals surface area (Å²) in [5, 5.41) is 8.56. The van der Waals surface area contributed by atoms with Gasteiger partial charge in [0.25, 0.3) is 0 Å². The molecular formula is C6H12ClNSi. The van der Waals surface area contributed by atoms with Crippen LogP contribution >= 0.6 is 11.1 Å². The molecule has 0 aromatic rings. The predicted octanol–water partition coefficient (Wildman–Crippen LogP) is 2.73. The maximum atomic E-state index is 8.56. The molecule has 0 bridgehead atoms. The number of rotatable bonds is 2. The summed E-state index contributed by atoms with van der Waals surface area (Å²) in [7, 11) is -1.68. The van der Waals surface area contributed by atoms with Crippen LogP contribution in [0.5, 0.6) is 0 Å². The van der Waals surface area contributed by atoms with Crippen LogP contribution in [-0.4, -0.2) is 7.38 Å². The quantitative estimate of drug-likeness (QED) is 0.452. The smallest absolute Gasteiger partial charge is 0.167 e. The van der Waals surface area contributed by atoms with Gasteiger partial charge in [-0.15, -0.1) is 0 Å². The third kappa shape index (κ3) is 2.88. The first-order chi connectivity index (χ1) is 4.02. The third-order valence-corrected chi connectivity index (χ3v) is 4.38. The van der Waals surface area contributed by atoms with Crippen LogP contribution in [0.1, 0.15) is 13.3 Å². The van der Waals surface area contributed by atoms with E-state index >= 15 is 0 Å². The van der Waals surface area contributed by atoms with Gasteiger partial charge < -0.3 is 0 Å². The summed E-state index contributed by atoms with van der Waals surface area (Å²) in [6.07, 6.45) is 0.888. The van der Waals surface area contributed by atoms with E-state index in [0.717, 1.165) is 6.42 Å². The van der Waals surface area contributed by atoms with E-state index in [2.05, 4.69) is 6.07 Å². The lowest BCUT2D eigenvalue weighted by molar-refractivity contribution is 0.936. The van der Waals surface area contributed by atoms with Gasteiger partial charge in [0.05, 0.1) is 11.6 Å². The van der Waals surface area contributed by atoms with E-state index in [1.165, 1.54) is 0 Å². The molecule has 0 rings (SSSR count). The normalized spacial score (nSPS) is 14.6. The highest BCUT2D eigenvalue weighted by Gasteiger charge is 2.27. The zero-order valence-corrected chi connectivity index (χ0v) is 7.87. The molecule has 0 spiro atoms. The van der Waals surface area contributed by atoms with Crippen molar-refractivity contribution in [2.45, 2.75) is 32.0 Å². The minimum atomic E-state index is -1.68. The molecule has 0 saturated carbocycles. The topological polar surface area (TPSA) is 23.8 Å². The molecule has 0 aromatic heterocycles. The van der Waals surface area contributed by atoms with Crippen LogP contribution < -0.4 is 0 Å². The minimum Gasteiger partial charge on any atom is -0.198 e. The summed E-state index contributed by atoms with van der Waals surface area (Å²) in [4.78, 5) is 0. The molecule has 52 valence electrons. The monoisotopic (exact) mass is 161 g/mol. The average molecular weight is 162 g/mol. The van der Waals surface area contributed by atoms with E-state index in [-0.39, 0.29) is 5.54 Å². The lowest BCUT2D eigenvalue weighted by Gasteiger charge is -2.16. The molecule has 0 amide bonds. The Hall–Kier alpha value is -0.00312. The van der Waals surface area contributed by atoms with E-state index in [1.807, 2.05) is 20.0 Å². The third-order valence-electron chi connectivity index (χ3n) is 1.39. The first-order valence-electron chi connectivity index (χ1n) is 3.11. The van der Waals surface area contributed by atoms with Gasteiger partial charge in [-0.1, -0.05) is 20.0 Å². The van der Waals surface area contributed by atoms with Crippen LogP contribution in [0.25, 0.3) is 0 Å². The van der Waals surface area contributed by atoms with E-state index in [0.29, 0.717) is 0 Å². The van der Waals surface area contributed by atoms with Crippen molar-refractivity contribution < 1.29 is 0 Å². The van der Waals surface area contributed by atoms with Crippen LogP contribution in [0, 0.1) is 11.3 Å². The van der Waals surface area contributed by atoms with Gasteiger partial charge in [0, 0.05) is 0 Å². The Morgan fingerprint density at radius 3 is 2.11 bits per heavy atom. The summed E-state index contributed by atoms with van der Waals surface area (Å²) >= 11 is 6.02. The highest BCUT2D eigenvalue weighted by molar-refractivity contribution is 7.20. The molecule has 0 saturated heterocycles. The Morgan fingerprint density at radius 2 is 2.11 bits per heavy atom. The van der Waals surface area contributed by atoms with Gasteiger partial charge in [0.1, 0.15) is 0 Å². The highest BCUT2D eigenvalue weighted by atomic mass is 35.6. The molecule has 0 heterocycles. The van der Waals surface area contributed by atoms with Crippen molar-refractivity contribution in [3.8, 4) is 6.07 Å². The van der Waals surface area contributed by atoms with Crippen LogP contribution in [0.15, 0.2) is 0 Å². The highest BCUT2D eigenvalue weighted by Crippen LogP contribution is 2.27. The van der Waals surface area contributed by atoms with Crippen LogP contribution in [-0.2, 0) is 0 Å². The molecule has 0 aliphatic heterocycles. The van der Waals surface area contributed by atoms with Gasteiger partial charge in [-0.2, -0.15) is 16.3 Å². The van der Waals surface area contributed by atoms with Crippen molar-refractivity contribution in [1.29, 1.82) is 5.26 Å². The summed E-state index contributed by atoms with van der Waals surface area (Å²) < 4.78 is 0. The second-order valence-corrected chi connectivity index (χ2v) is 9.40. The summed E-state index contributed by atoms with van der Waals surface area (Å²) in [6, 6.07) is 2.22. The van der Waals surface area contributed by atoms with Gasteiger partial charge >= 0.3 is 0 Å². The largest absolute Gasteiger partial charge is 0.198 e. The molecule has 0 N–H and O–H groups in total. The molecule has 3 heteroatoms. The maximum Gasteiger partial charge on any atom is 0.167 e. The molecule has 0 unspecified atom stereocenters. The zero-order valence-electron chi connectivity index (χ0n) is 6.11. The molecule has 1 nitrogen and oxygen atoms in total. The van der Waals surface area contributed by atoms with Crippen molar-refractivity contribution in [2.75, 3.05) is 0 Å². The summed E-state index contributed by atoms with van der Waals surface area (Å²) in [5.74, 6) is 0. The number of hydrogen-bond donors (Lipinski definition) is 0. The Labute approximate surface area is 62.3 Å². The number of nitriles is 1. The first kappa shape index (κ1) is 9.00. The van der Waals surface area contributed by atoms with Crippen LogP contribution in [0.2, 0.25) is 18.6 Å². The Morgan fingerprint density at radius 1 is 1.67 bits per heavy atom. The number of nitrogens with zero attached hydrogens (tertiary/aromatic N) is 1. The van der Waals surface area contributed by atoms with E-state index in [9.17, 15) is 0 Å². The second kappa shape index (κ2) is 3.24. The van der Waals surface area contributed by atoms with Crippen molar-refractivity contribution in [1.82, 2.24) is 0 Å². The predicted molar refractivity (Wildman–Crippen MR) is 43.0 cm³/mol. The SMILES string of the molecule is CC[C@@H](C#N)[Si](C)(C)Cl. The van der Waals surface area contributed by atoms with Gasteiger partial charge in [-0.25, -0.2) is 0 Å². The van der Waals surface area contributed by atoms with Gasteiger partial charge in [-0.05, 0) is 6.42 Å². The molecule has 0 fully saturated rings. The molecule has 9 heavy (non-hydrogen) atoms. The average Bonchev–Trinajstić information content (AvgIpc) is 1.65. The zero-order chi connectivity index (χ0) is 7.49. The molecule has 0 radical (unpaired) electrons. The van der Waals surface area contributed by atoms with Crippen molar-refractivity contribution in [3.63, 3.8) is 0 Å².